The van der Waals surface area contributed by atoms with Crippen LogP contribution >= 0.6 is 11.3 Å². The van der Waals surface area contributed by atoms with Gasteiger partial charge in [-0.05, 0) is 62.7 Å². The number of allylic oxidation sites excluding steroid dienone is 1. The molecule has 0 amide bonds. The molecule has 3 heterocycles. The predicted molar refractivity (Wildman–Crippen MR) is 153 cm³/mol. The van der Waals surface area contributed by atoms with Crippen LogP contribution in [0.15, 0.2) is 86.1 Å². The molecule has 1 atom stereocenters. The van der Waals surface area contributed by atoms with Crippen LogP contribution in [0, 0.1) is 0 Å². The topological polar surface area (TPSA) is 109 Å². The van der Waals surface area contributed by atoms with Gasteiger partial charge >= 0.3 is 11.9 Å². The van der Waals surface area contributed by atoms with Crippen LogP contribution in [0.25, 0.3) is 17.4 Å². The van der Waals surface area contributed by atoms with Crippen molar-refractivity contribution in [2.24, 2.45) is 4.99 Å². The molecule has 0 N–H and O–H groups in total. The Balaban J connectivity index is 1.59. The first-order valence-corrected chi connectivity index (χ1v) is 13.7. The van der Waals surface area contributed by atoms with Gasteiger partial charge in [0.05, 0.1) is 47.7 Å². The molecule has 0 bridgehead atoms. The van der Waals surface area contributed by atoms with Gasteiger partial charge in [0.15, 0.2) is 4.80 Å². The lowest BCUT2D eigenvalue weighted by Crippen LogP contribution is -2.40. The van der Waals surface area contributed by atoms with E-state index in [0.717, 1.165) is 0 Å². The lowest BCUT2D eigenvalue weighted by Gasteiger charge is -2.25. The van der Waals surface area contributed by atoms with E-state index in [0.29, 0.717) is 54.6 Å². The number of fused-ring (bicyclic) bond motifs is 1. The molecule has 41 heavy (non-hydrogen) atoms. The maximum atomic E-state index is 13.8. The quantitative estimate of drug-likeness (QED) is 0.305. The minimum absolute atomic E-state index is 0.300. The van der Waals surface area contributed by atoms with E-state index in [1.807, 2.05) is 18.2 Å². The molecule has 10 heteroatoms. The Kier molecular flexibility index (Phi) is 7.76. The zero-order valence-corrected chi connectivity index (χ0v) is 24.0. The van der Waals surface area contributed by atoms with E-state index in [2.05, 4.69) is 4.99 Å². The van der Waals surface area contributed by atoms with Crippen LogP contribution in [0.5, 0.6) is 5.75 Å². The van der Waals surface area contributed by atoms with Gasteiger partial charge in [0.1, 0.15) is 17.3 Å². The molecule has 5 rings (SSSR count). The van der Waals surface area contributed by atoms with E-state index in [1.54, 1.807) is 76.4 Å². The molecular weight excluding hydrogens is 544 g/mol. The average Bonchev–Trinajstić information content (AvgIpc) is 3.55. The minimum Gasteiger partial charge on any atom is -0.497 e. The van der Waals surface area contributed by atoms with E-state index < -0.39 is 18.0 Å². The number of esters is 2. The molecule has 4 aromatic rings. The molecule has 1 unspecified atom stereocenters. The lowest BCUT2D eigenvalue weighted by atomic mass is 9.96. The minimum atomic E-state index is -0.737. The Morgan fingerprint density at radius 1 is 1.05 bits per heavy atom. The van der Waals surface area contributed by atoms with Gasteiger partial charge in [0.25, 0.3) is 5.56 Å². The first kappa shape index (κ1) is 27.9. The van der Waals surface area contributed by atoms with Crippen molar-refractivity contribution >= 4 is 29.4 Å². The highest BCUT2D eigenvalue weighted by molar-refractivity contribution is 7.07. The summed E-state index contributed by atoms with van der Waals surface area (Å²) in [5, 5.41) is 0. The Morgan fingerprint density at radius 3 is 2.49 bits per heavy atom. The highest BCUT2D eigenvalue weighted by Crippen LogP contribution is 2.32. The molecule has 0 radical (unpaired) electrons. The van der Waals surface area contributed by atoms with E-state index in [-0.39, 0.29) is 11.7 Å². The van der Waals surface area contributed by atoms with Gasteiger partial charge in [-0.1, -0.05) is 35.6 Å². The van der Waals surface area contributed by atoms with Crippen LogP contribution in [0.1, 0.15) is 48.5 Å². The molecule has 9 nitrogen and oxygen atoms in total. The Labute approximate surface area is 239 Å². The van der Waals surface area contributed by atoms with Crippen molar-refractivity contribution in [3.05, 3.63) is 109 Å². The van der Waals surface area contributed by atoms with Crippen LogP contribution < -0.4 is 19.6 Å². The van der Waals surface area contributed by atoms with Crippen LogP contribution in [-0.4, -0.2) is 36.8 Å². The molecule has 0 saturated heterocycles. The fraction of sp³-hybridized carbons (Fsp3) is 0.226. The second kappa shape index (κ2) is 11.4. The number of hydrogen-bond donors (Lipinski definition) is 0. The van der Waals surface area contributed by atoms with Crippen molar-refractivity contribution in [1.82, 2.24) is 4.57 Å². The first-order valence-electron chi connectivity index (χ1n) is 12.9. The third-order valence-corrected chi connectivity index (χ3v) is 7.47. The van der Waals surface area contributed by atoms with Crippen LogP contribution in [0.4, 0.5) is 0 Å². The predicted octanol–water partition coefficient (Wildman–Crippen LogP) is 4.24. The number of carbonyl (C=O) groups is 2. The molecule has 2 aromatic heterocycles. The van der Waals surface area contributed by atoms with E-state index in [1.165, 1.54) is 23.0 Å². The molecule has 2 aromatic carbocycles. The molecular formula is C31H28N2O7S. The molecule has 210 valence electrons. The number of nitrogens with zero attached hydrogens (tertiary/aromatic N) is 2. The molecule has 0 saturated carbocycles. The van der Waals surface area contributed by atoms with Crippen molar-refractivity contribution in [3.8, 4) is 17.1 Å². The SMILES string of the molecule is COC(=O)c1cccc(-c2ccc(/C=c3\sc4n(c3=O)C(c3ccc(OC)cc3)C(C(=O)OC(C)C)=C(C)N=4)o2)c1. The second-order valence-electron chi connectivity index (χ2n) is 9.58. The second-order valence-corrected chi connectivity index (χ2v) is 10.6. The highest BCUT2D eigenvalue weighted by atomic mass is 32.1. The number of benzene rings is 2. The number of aromatic nitrogens is 1. The standard InChI is InChI=1S/C31H28N2O7S/c1-17(2)39-30(36)26-18(3)32-31-33(27(26)19-9-11-22(37-4)12-10-19)28(34)25(41-31)16-23-13-14-24(40-23)20-7-6-8-21(15-20)29(35)38-5/h6-17,27H,1-5H3/b25-16-. The Hall–Kier alpha value is -4.70. The summed E-state index contributed by atoms with van der Waals surface area (Å²) < 4.78 is 23.6. The summed E-state index contributed by atoms with van der Waals surface area (Å²) in [5.74, 6) is 0.656. The van der Waals surface area contributed by atoms with Crippen molar-refractivity contribution in [2.45, 2.75) is 32.9 Å². The van der Waals surface area contributed by atoms with Gasteiger partial charge in [0.2, 0.25) is 0 Å². The van der Waals surface area contributed by atoms with E-state index in [9.17, 15) is 14.4 Å². The zero-order chi connectivity index (χ0) is 29.3. The monoisotopic (exact) mass is 572 g/mol. The Morgan fingerprint density at radius 2 is 1.80 bits per heavy atom. The number of thiazole rings is 1. The van der Waals surface area contributed by atoms with Crippen LogP contribution in [0.3, 0.4) is 0 Å². The molecule has 1 aliphatic rings. The largest absolute Gasteiger partial charge is 0.497 e. The van der Waals surface area contributed by atoms with Crippen molar-refractivity contribution in [2.75, 3.05) is 14.2 Å². The van der Waals surface area contributed by atoms with Gasteiger partial charge in [-0.2, -0.15) is 0 Å². The summed E-state index contributed by atoms with van der Waals surface area (Å²) in [4.78, 5) is 44.1. The number of methoxy groups -OCH3 is 2. The van der Waals surface area contributed by atoms with Crippen LogP contribution in [0.2, 0.25) is 0 Å². The summed E-state index contributed by atoms with van der Waals surface area (Å²) in [6, 6.07) is 16.9. The number of ether oxygens (including phenoxy) is 3. The maximum absolute atomic E-state index is 13.8. The Bertz CT molecular complexity index is 1840. The summed E-state index contributed by atoms with van der Waals surface area (Å²) >= 11 is 1.20. The van der Waals surface area contributed by atoms with Gasteiger partial charge in [0, 0.05) is 11.6 Å². The third kappa shape index (κ3) is 5.51. The smallest absolute Gasteiger partial charge is 0.338 e. The average molecular weight is 573 g/mol. The van der Waals surface area contributed by atoms with Crippen molar-refractivity contribution < 1.29 is 28.2 Å². The number of rotatable bonds is 7. The van der Waals surface area contributed by atoms with Crippen molar-refractivity contribution in [1.29, 1.82) is 0 Å². The number of hydrogen-bond acceptors (Lipinski definition) is 9. The van der Waals surface area contributed by atoms with Crippen LogP contribution in [-0.2, 0) is 14.3 Å². The summed E-state index contributed by atoms with van der Waals surface area (Å²) in [5.41, 5.74) is 2.27. The molecule has 1 aliphatic heterocycles. The van der Waals surface area contributed by atoms with Gasteiger partial charge in [-0.3, -0.25) is 9.36 Å². The summed E-state index contributed by atoms with van der Waals surface area (Å²) in [6.07, 6.45) is 1.30. The van der Waals surface area contributed by atoms with Crippen molar-refractivity contribution in [3.63, 3.8) is 0 Å². The molecule has 0 aliphatic carbocycles. The summed E-state index contributed by atoms with van der Waals surface area (Å²) in [7, 11) is 2.90. The normalized spacial score (nSPS) is 15.0. The fourth-order valence-electron chi connectivity index (χ4n) is 4.59. The molecule has 0 spiro atoms. The maximum Gasteiger partial charge on any atom is 0.338 e. The van der Waals surface area contributed by atoms with E-state index >= 15 is 0 Å². The van der Waals surface area contributed by atoms with Gasteiger partial charge in [-0.15, -0.1) is 0 Å². The lowest BCUT2D eigenvalue weighted by molar-refractivity contribution is -0.143. The van der Waals surface area contributed by atoms with Gasteiger partial charge in [-0.25, -0.2) is 14.6 Å². The first-order chi connectivity index (χ1) is 19.7. The highest BCUT2D eigenvalue weighted by Gasteiger charge is 2.33. The third-order valence-electron chi connectivity index (χ3n) is 6.48. The number of furan rings is 1. The summed E-state index contributed by atoms with van der Waals surface area (Å²) in [6.45, 7) is 5.29. The van der Waals surface area contributed by atoms with Gasteiger partial charge < -0.3 is 18.6 Å². The molecule has 0 fully saturated rings. The number of carbonyl (C=O) groups excluding carboxylic acids is 2. The van der Waals surface area contributed by atoms with E-state index in [4.69, 9.17) is 18.6 Å². The zero-order valence-electron chi connectivity index (χ0n) is 23.2. The fourth-order valence-corrected chi connectivity index (χ4v) is 5.62.